The Bertz CT molecular complexity index is 1130. The SMILES string of the molecule is CN[C@@H](C)C(=O)NC1CCc2ccccc2N(Cc2cccc3cccc(Br)c23)C1=O. The first kappa shape index (κ1) is 21.5. The molecule has 1 unspecified atom stereocenters. The minimum absolute atomic E-state index is 0.0781. The number of aryl methyl sites for hydroxylation is 1. The molecule has 1 aliphatic rings. The van der Waals surface area contributed by atoms with Crippen LogP contribution in [0.4, 0.5) is 5.69 Å². The number of para-hydroxylation sites is 1. The van der Waals surface area contributed by atoms with Crippen molar-refractivity contribution in [3.63, 3.8) is 0 Å². The normalized spacial score (nSPS) is 17.2. The van der Waals surface area contributed by atoms with E-state index in [4.69, 9.17) is 0 Å². The van der Waals surface area contributed by atoms with E-state index in [1.54, 1.807) is 14.0 Å². The molecule has 0 saturated carbocycles. The van der Waals surface area contributed by atoms with Crippen LogP contribution in [0.3, 0.4) is 0 Å². The van der Waals surface area contributed by atoms with Crippen LogP contribution < -0.4 is 15.5 Å². The highest BCUT2D eigenvalue weighted by Gasteiger charge is 2.32. The molecule has 2 N–H and O–H groups in total. The van der Waals surface area contributed by atoms with Crippen molar-refractivity contribution < 1.29 is 9.59 Å². The summed E-state index contributed by atoms with van der Waals surface area (Å²) >= 11 is 3.68. The van der Waals surface area contributed by atoms with Crippen LogP contribution in [0.25, 0.3) is 10.8 Å². The van der Waals surface area contributed by atoms with Gasteiger partial charge in [0, 0.05) is 15.5 Å². The number of hydrogen-bond donors (Lipinski definition) is 2. The van der Waals surface area contributed by atoms with Gasteiger partial charge in [0.1, 0.15) is 6.04 Å². The molecular weight excluding hydrogens is 454 g/mol. The average molecular weight is 480 g/mol. The summed E-state index contributed by atoms with van der Waals surface area (Å²) in [6.45, 7) is 2.22. The standard InChI is InChI=1S/C25H26BrN3O2/c1-16(27-2)24(30)28-21-14-13-17-7-3-4-12-22(17)29(25(21)31)15-19-10-5-8-18-9-6-11-20(26)23(18)19/h3-12,16,21,27H,13-15H2,1-2H3,(H,28,30)/t16-,21?/m0/s1. The Balaban J connectivity index is 1.73. The van der Waals surface area contributed by atoms with Gasteiger partial charge in [-0.25, -0.2) is 0 Å². The summed E-state index contributed by atoms with van der Waals surface area (Å²) in [4.78, 5) is 28.0. The Hall–Kier alpha value is -2.70. The van der Waals surface area contributed by atoms with E-state index >= 15 is 0 Å². The Morgan fingerprint density at radius 1 is 1.13 bits per heavy atom. The van der Waals surface area contributed by atoms with Gasteiger partial charge in [-0.3, -0.25) is 9.59 Å². The summed E-state index contributed by atoms with van der Waals surface area (Å²) in [7, 11) is 1.74. The van der Waals surface area contributed by atoms with Gasteiger partial charge < -0.3 is 15.5 Å². The van der Waals surface area contributed by atoms with Gasteiger partial charge in [-0.2, -0.15) is 0 Å². The Labute approximate surface area is 190 Å². The van der Waals surface area contributed by atoms with E-state index in [1.165, 1.54) is 0 Å². The van der Waals surface area contributed by atoms with E-state index in [0.29, 0.717) is 13.0 Å². The largest absolute Gasteiger partial charge is 0.343 e. The maximum atomic E-state index is 13.7. The Morgan fingerprint density at radius 3 is 2.65 bits per heavy atom. The van der Waals surface area contributed by atoms with E-state index in [0.717, 1.165) is 38.5 Å². The maximum Gasteiger partial charge on any atom is 0.249 e. The molecule has 2 atom stereocenters. The van der Waals surface area contributed by atoms with Crippen LogP contribution in [0.15, 0.2) is 65.1 Å². The molecule has 31 heavy (non-hydrogen) atoms. The zero-order valence-electron chi connectivity index (χ0n) is 17.7. The fourth-order valence-electron chi connectivity index (χ4n) is 4.11. The Kier molecular flexibility index (Phi) is 6.39. The molecule has 3 aromatic carbocycles. The number of amides is 2. The molecule has 2 amide bonds. The van der Waals surface area contributed by atoms with Crippen molar-refractivity contribution in [3.05, 3.63) is 76.3 Å². The van der Waals surface area contributed by atoms with Crippen molar-refractivity contribution in [1.29, 1.82) is 0 Å². The second-order valence-electron chi connectivity index (χ2n) is 7.92. The van der Waals surface area contributed by atoms with Gasteiger partial charge in [-0.1, -0.05) is 64.5 Å². The maximum absolute atomic E-state index is 13.7. The lowest BCUT2D eigenvalue weighted by Crippen LogP contribution is -2.52. The van der Waals surface area contributed by atoms with Gasteiger partial charge in [-0.05, 0) is 55.5 Å². The molecule has 0 bridgehead atoms. The molecule has 0 aromatic heterocycles. The molecule has 4 rings (SSSR count). The molecule has 0 saturated heterocycles. The van der Waals surface area contributed by atoms with E-state index in [-0.39, 0.29) is 17.9 Å². The molecule has 3 aromatic rings. The minimum atomic E-state index is -0.561. The lowest BCUT2D eigenvalue weighted by molar-refractivity contribution is -0.128. The molecule has 5 nitrogen and oxygen atoms in total. The van der Waals surface area contributed by atoms with Gasteiger partial charge in [0.15, 0.2) is 0 Å². The van der Waals surface area contributed by atoms with Gasteiger partial charge in [0.25, 0.3) is 0 Å². The van der Waals surface area contributed by atoms with E-state index in [1.807, 2.05) is 41.3 Å². The molecule has 0 spiro atoms. The number of benzene rings is 3. The van der Waals surface area contributed by atoms with Crippen LogP contribution in [0.2, 0.25) is 0 Å². The zero-order chi connectivity index (χ0) is 22.0. The van der Waals surface area contributed by atoms with Crippen LogP contribution in [-0.2, 0) is 22.6 Å². The lowest BCUT2D eigenvalue weighted by atomic mass is 10.0. The summed E-state index contributed by atoms with van der Waals surface area (Å²) in [6.07, 6.45) is 1.31. The number of carbonyl (C=O) groups is 2. The number of carbonyl (C=O) groups excluding carboxylic acids is 2. The van der Waals surface area contributed by atoms with Gasteiger partial charge >= 0.3 is 0 Å². The highest BCUT2D eigenvalue weighted by Crippen LogP contribution is 2.32. The summed E-state index contributed by atoms with van der Waals surface area (Å²) in [5.74, 6) is -0.245. The van der Waals surface area contributed by atoms with Crippen LogP contribution in [-0.4, -0.2) is 30.9 Å². The molecule has 160 valence electrons. The van der Waals surface area contributed by atoms with Crippen molar-refractivity contribution >= 4 is 44.2 Å². The summed E-state index contributed by atoms with van der Waals surface area (Å²) in [5.41, 5.74) is 3.09. The number of nitrogens with zero attached hydrogens (tertiary/aromatic N) is 1. The van der Waals surface area contributed by atoms with Crippen LogP contribution in [0.5, 0.6) is 0 Å². The first-order valence-corrected chi connectivity index (χ1v) is 11.3. The van der Waals surface area contributed by atoms with Gasteiger partial charge in [0.05, 0.1) is 12.6 Å². The predicted molar refractivity (Wildman–Crippen MR) is 128 cm³/mol. The molecule has 0 aliphatic carbocycles. The van der Waals surface area contributed by atoms with Crippen LogP contribution in [0, 0.1) is 0 Å². The molecule has 0 radical (unpaired) electrons. The monoisotopic (exact) mass is 479 g/mol. The second kappa shape index (κ2) is 9.20. The number of hydrogen-bond acceptors (Lipinski definition) is 3. The van der Waals surface area contributed by atoms with E-state index in [2.05, 4.69) is 50.8 Å². The van der Waals surface area contributed by atoms with E-state index < -0.39 is 6.04 Å². The number of nitrogens with one attached hydrogen (secondary N) is 2. The first-order valence-electron chi connectivity index (χ1n) is 10.5. The quantitative estimate of drug-likeness (QED) is 0.576. The highest BCUT2D eigenvalue weighted by molar-refractivity contribution is 9.10. The number of halogens is 1. The van der Waals surface area contributed by atoms with Crippen LogP contribution in [0.1, 0.15) is 24.5 Å². The fourth-order valence-corrected chi connectivity index (χ4v) is 4.75. The molecular formula is C25H26BrN3O2. The zero-order valence-corrected chi connectivity index (χ0v) is 19.3. The fraction of sp³-hybridized carbons (Fsp3) is 0.280. The van der Waals surface area contributed by atoms with Gasteiger partial charge in [-0.15, -0.1) is 0 Å². The lowest BCUT2D eigenvalue weighted by Gasteiger charge is -2.27. The number of fused-ring (bicyclic) bond motifs is 2. The smallest absolute Gasteiger partial charge is 0.249 e. The summed E-state index contributed by atoms with van der Waals surface area (Å²) in [6, 6.07) is 19.4. The third kappa shape index (κ3) is 4.36. The summed E-state index contributed by atoms with van der Waals surface area (Å²) in [5, 5.41) is 8.12. The summed E-state index contributed by atoms with van der Waals surface area (Å²) < 4.78 is 1.00. The highest BCUT2D eigenvalue weighted by atomic mass is 79.9. The number of rotatable bonds is 5. The van der Waals surface area contributed by atoms with Crippen molar-refractivity contribution in [2.75, 3.05) is 11.9 Å². The van der Waals surface area contributed by atoms with Crippen molar-refractivity contribution in [1.82, 2.24) is 10.6 Å². The topological polar surface area (TPSA) is 61.4 Å². The third-order valence-corrected chi connectivity index (χ3v) is 6.62. The third-order valence-electron chi connectivity index (χ3n) is 5.96. The van der Waals surface area contributed by atoms with Crippen molar-refractivity contribution in [2.45, 2.75) is 38.4 Å². The predicted octanol–water partition coefficient (Wildman–Crippen LogP) is 4.17. The van der Waals surface area contributed by atoms with E-state index in [9.17, 15) is 9.59 Å². The number of likely N-dealkylation sites (N-methyl/N-ethyl adjacent to an activating group) is 1. The minimum Gasteiger partial charge on any atom is -0.343 e. The number of anilines is 1. The Morgan fingerprint density at radius 2 is 1.87 bits per heavy atom. The van der Waals surface area contributed by atoms with Crippen LogP contribution >= 0.6 is 15.9 Å². The molecule has 0 fully saturated rings. The average Bonchev–Trinajstić information content (AvgIpc) is 2.91. The van der Waals surface area contributed by atoms with Crippen molar-refractivity contribution in [3.8, 4) is 0 Å². The molecule has 1 aliphatic heterocycles. The second-order valence-corrected chi connectivity index (χ2v) is 8.77. The van der Waals surface area contributed by atoms with Crippen molar-refractivity contribution in [2.24, 2.45) is 0 Å². The first-order chi connectivity index (χ1) is 15.0. The molecule has 1 heterocycles. The van der Waals surface area contributed by atoms with Gasteiger partial charge in [0.2, 0.25) is 11.8 Å². The molecule has 6 heteroatoms.